The van der Waals surface area contributed by atoms with Crippen LogP contribution in [0.1, 0.15) is 51.9 Å². The van der Waals surface area contributed by atoms with E-state index in [0.29, 0.717) is 30.5 Å². The standard InChI is InChI=1S/C14H25N3O3S/c1-10(18)16-12(13(19)20)8-5-9-15-14(21)17-11-6-3-2-4-7-11/h11-12H,2-9H2,1H3,(H,16,18)(H,19,20)(H2,15,17,21)/t12-/m0/s1. The molecule has 0 aromatic rings. The zero-order valence-corrected chi connectivity index (χ0v) is 13.3. The third-order valence-electron chi connectivity index (χ3n) is 3.57. The van der Waals surface area contributed by atoms with Gasteiger partial charge in [0.1, 0.15) is 6.04 Å². The summed E-state index contributed by atoms with van der Waals surface area (Å²) in [5, 5.41) is 18.4. The van der Waals surface area contributed by atoms with Crippen LogP contribution in [-0.2, 0) is 9.59 Å². The Morgan fingerprint density at radius 1 is 1.29 bits per heavy atom. The van der Waals surface area contributed by atoms with Crippen LogP contribution in [0.25, 0.3) is 0 Å². The van der Waals surface area contributed by atoms with Gasteiger partial charge in [-0.05, 0) is 37.9 Å². The van der Waals surface area contributed by atoms with Gasteiger partial charge in [0, 0.05) is 19.5 Å². The molecular formula is C14H25N3O3S. The zero-order chi connectivity index (χ0) is 15.7. The van der Waals surface area contributed by atoms with Crippen molar-refractivity contribution in [3.63, 3.8) is 0 Å². The van der Waals surface area contributed by atoms with Gasteiger partial charge >= 0.3 is 5.97 Å². The van der Waals surface area contributed by atoms with Crippen LogP contribution in [0.5, 0.6) is 0 Å². The molecule has 0 aromatic carbocycles. The molecular weight excluding hydrogens is 290 g/mol. The Labute approximate surface area is 131 Å². The molecule has 0 bridgehead atoms. The molecule has 6 nitrogen and oxygen atoms in total. The van der Waals surface area contributed by atoms with Gasteiger partial charge in [0.05, 0.1) is 0 Å². The summed E-state index contributed by atoms with van der Waals surface area (Å²) in [5.74, 6) is -1.34. The summed E-state index contributed by atoms with van der Waals surface area (Å²) in [7, 11) is 0. The van der Waals surface area contributed by atoms with Crippen molar-refractivity contribution in [2.24, 2.45) is 0 Å². The SMILES string of the molecule is CC(=O)N[C@@H](CCCNC(=S)NC1CCCCC1)C(=O)O. The van der Waals surface area contributed by atoms with Gasteiger partial charge in [-0.3, -0.25) is 4.79 Å². The number of carbonyl (C=O) groups excluding carboxylic acids is 1. The molecule has 1 atom stereocenters. The van der Waals surface area contributed by atoms with Crippen LogP contribution in [0.3, 0.4) is 0 Å². The van der Waals surface area contributed by atoms with Crippen molar-refractivity contribution in [2.45, 2.75) is 64.0 Å². The summed E-state index contributed by atoms with van der Waals surface area (Å²) in [6, 6.07) is -0.367. The fourth-order valence-electron chi connectivity index (χ4n) is 2.49. The number of thiocarbonyl (C=S) groups is 1. The van der Waals surface area contributed by atoms with Gasteiger partial charge < -0.3 is 21.1 Å². The van der Waals surface area contributed by atoms with Gasteiger partial charge in [-0.15, -0.1) is 0 Å². The minimum absolute atomic E-state index is 0.329. The normalized spacial score (nSPS) is 16.8. The number of hydrogen-bond acceptors (Lipinski definition) is 3. The number of nitrogens with one attached hydrogen (secondary N) is 3. The highest BCUT2D eigenvalue weighted by Gasteiger charge is 2.17. The number of carbonyl (C=O) groups is 2. The molecule has 1 fully saturated rings. The van der Waals surface area contributed by atoms with Crippen LogP contribution < -0.4 is 16.0 Å². The fourth-order valence-corrected chi connectivity index (χ4v) is 2.76. The lowest BCUT2D eigenvalue weighted by Crippen LogP contribution is -2.43. The van der Waals surface area contributed by atoms with Gasteiger partial charge in [-0.25, -0.2) is 4.79 Å². The lowest BCUT2D eigenvalue weighted by Gasteiger charge is -2.24. The highest BCUT2D eigenvalue weighted by atomic mass is 32.1. The Kier molecular flexibility index (Phi) is 8.04. The molecule has 1 aliphatic rings. The van der Waals surface area contributed by atoms with Crippen molar-refractivity contribution in [3.05, 3.63) is 0 Å². The van der Waals surface area contributed by atoms with Crippen LogP contribution in [0.15, 0.2) is 0 Å². The third-order valence-corrected chi connectivity index (χ3v) is 3.83. The monoisotopic (exact) mass is 315 g/mol. The summed E-state index contributed by atoms with van der Waals surface area (Å²) in [5.41, 5.74) is 0. The zero-order valence-electron chi connectivity index (χ0n) is 12.5. The molecule has 0 aromatic heterocycles. The molecule has 0 unspecified atom stereocenters. The number of aliphatic carboxylic acids is 1. The van der Waals surface area contributed by atoms with Crippen LogP contribution in [-0.4, -0.2) is 40.7 Å². The van der Waals surface area contributed by atoms with Crippen molar-refractivity contribution in [1.29, 1.82) is 0 Å². The lowest BCUT2D eigenvalue weighted by molar-refractivity contribution is -0.141. The van der Waals surface area contributed by atoms with Crippen LogP contribution in [0.4, 0.5) is 0 Å². The maximum absolute atomic E-state index is 11.0. The Bertz CT molecular complexity index is 370. The summed E-state index contributed by atoms with van der Waals surface area (Å²) >= 11 is 5.23. The Balaban J connectivity index is 2.15. The number of carboxylic acids is 1. The topological polar surface area (TPSA) is 90.5 Å². The molecule has 4 N–H and O–H groups in total. The molecule has 0 saturated heterocycles. The summed E-state index contributed by atoms with van der Waals surface area (Å²) in [6.07, 6.45) is 7.13. The Hall–Kier alpha value is -1.37. The third kappa shape index (κ3) is 7.84. The highest BCUT2D eigenvalue weighted by Crippen LogP contribution is 2.17. The minimum Gasteiger partial charge on any atom is -0.480 e. The van der Waals surface area contributed by atoms with Crippen molar-refractivity contribution in [3.8, 4) is 0 Å². The number of carboxylic acid groups (broad SMARTS) is 1. The van der Waals surface area contributed by atoms with Crippen molar-refractivity contribution >= 4 is 29.2 Å². The van der Waals surface area contributed by atoms with Crippen molar-refractivity contribution in [1.82, 2.24) is 16.0 Å². The number of hydrogen-bond donors (Lipinski definition) is 4. The Morgan fingerprint density at radius 3 is 2.52 bits per heavy atom. The average Bonchev–Trinajstić information content (AvgIpc) is 2.42. The lowest BCUT2D eigenvalue weighted by atomic mass is 9.96. The minimum atomic E-state index is -1.01. The van der Waals surface area contributed by atoms with Crippen LogP contribution in [0, 0.1) is 0 Å². The smallest absolute Gasteiger partial charge is 0.326 e. The van der Waals surface area contributed by atoms with E-state index in [-0.39, 0.29) is 5.91 Å². The molecule has 0 radical (unpaired) electrons. The second kappa shape index (κ2) is 9.55. The largest absolute Gasteiger partial charge is 0.480 e. The van der Waals surface area contributed by atoms with Crippen molar-refractivity contribution in [2.75, 3.05) is 6.54 Å². The van der Waals surface area contributed by atoms with Gasteiger partial charge in [-0.2, -0.15) is 0 Å². The second-order valence-corrected chi connectivity index (χ2v) is 5.88. The van der Waals surface area contributed by atoms with Gasteiger partial charge in [0.2, 0.25) is 5.91 Å². The fraction of sp³-hybridized carbons (Fsp3) is 0.786. The molecule has 7 heteroatoms. The van der Waals surface area contributed by atoms with Gasteiger partial charge in [-0.1, -0.05) is 19.3 Å². The average molecular weight is 315 g/mol. The van der Waals surface area contributed by atoms with E-state index in [2.05, 4.69) is 16.0 Å². The number of rotatable bonds is 7. The van der Waals surface area contributed by atoms with Crippen LogP contribution >= 0.6 is 12.2 Å². The predicted molar refractivity (Wildman–Crippen MR) is 85.1 cm³/mol. The van der Waals surface area contributed by atoms with E-state index in [1.165, 1.54) is 26.2 Å². The quantitative estimate of drug-likeness (QED) is 0.416. The second-order valence-electron chi connectivity index (χ2n) is 5.47. The first-order chi connectivity index (χ1) is 9.99. The molecule has 1 aliphatic carbocycles. The van der Waals surface area contributed by atoms with E-state index in [9.17, 15) is 9.59 Å². The molecule has 1 saturated carbocycles. The maximum atomic E-state index is 11.0. The highest BCUT2D eigenvalue weighted by molar-refractivity contribution is 7.80. The first kappa shape index (κ1) is 17.7. The van der Waals surface area contributed by atoms with E-state index < -0.39 is 12.0 Å². The maximum Gasteiger partial charge on any atom is 0.326 e. The molecule has 21 heavy (non-hydrogen) atoms. The van der Waals surface area contributed by atoms with Gasteiger partial charge in [0.15, 0.2) is 5.11 Å². The van der Waals surface area contributed by atoms with E-state index in [1.807, 2.05) is 0 Å². The molecule has 0 aliphatic heterocycles. The van der Waals surface area contributed by atoms with Crippen LogP contribution in [0.2, 0.25) is 0 Å². The molecule has 120 valence electrons. The molecule has 0 spiro atoms. The van der Waals surface area contributed by atoms with E-state index in [4.69, 9.17) is 17.3 Å². The van der Waals surface area contributed by atoms with E-state index >= 15 is 0 Å². The van der Waals surface area contributed by atoms with E-state index in [1.54, 1.807) is 0 Å². The van der Waals surface area contributed by atoms with Crippen molar-refractivity contribution < 1.29 is 14.7 Å². The first-order valence-electron chi connectivity index (χ1n) is 7.53. The molecule has 1 rings (SSSR count). The molecule has 1 amide bonds. The summed E-state index contributed by atoms with van der Waals surface area (Å²) < 4.78 is 0. The summed E-state index contributed by atoms with van der Waals surface area (Å²) in [4.78, 5) is 21.9. The molecule has 0 heterocycles. The number of amides is 1. The predicted octanol–water partition coefficient (Wildman–Crippen LogP) is 1.15. The Morgan fingerprint density at radius 2 is 1.95 bits per heavy atom. The summed E-state index contributed by atoms with van der Waals surface area (Å²) in [6.45, 7) is 1.92. The first-order valence-corrected chi connectivity index (χ1v) is 7.94. The van der Waals surface area contributed by atoms with E-state index in [0.717, 1.165) is 12.8 Å². The van der Waals surface area contributed by atoms with Gasteiger partial charge in [0.25, 0.3) is 0 Å².